The Kier molecular flexibility index (Phi) is 6.85. The Hall–Kier alpha value is -3.36. The van der Waals surface area contributed by atoms with Gasteiger partial charge in [0.2, 0.25) is 0 Å². The number of benzene rings is 2. The number of hydrogen-bond acceptors (Lipinski definition) is 6. The molecule has 4 aromatic rings. The average molecular weight is 498 g/mol. The molecule has 1 atom stereocenters. The molecule has 1 unspecified atom stereocenters. The van der Waals surface area contributed by atoms with E-state index in [-0.39, 0.29) is 11.6 Å². The zero-order valence-electron chi connectivity index (χ0n) is 21.5. The van der Waals surface area contributed by atoms with Gasteiger partial charge in [-0.2, -0.15) is 0 Å². The summed E-state index contributed by atoms with van der Waals surface area (Å²) in [5, 5.41) is 13.9. The molecule has 1 aliphatic carbocycles. The van der Waals surface area contributed by atoms with Gasteiger partial charge >= 0.3 is 0 Å². The quantitative estimate of drug-likeness (QED) is 0.435. The van der Waals surface area contributed by atoms with E-state index in [1.165, 1.54) is 32.1 Å². The Morgan fingerprint density at radius 2 is 1.76 bits per heavy atom. The number of fused-ring (bicyclic) bond motifs is 1. The number of tetrazole rings is 1. The van der Waals surface area contributed by atoms with Gasteiger partial charge in [-0.15, -0.1) is 5.10 Å². The van der Waals surface area contributed by atoms with E-state index in [1.54, 1.807) is 0 Å². The lowest BCUT2D eigenvalue weighted by atomic mass is 9.93. The first-order valence-corrected chi connectivity index (χ1v) is 13.6. The molecule has 6 rings (SSSR count). The zero-order valence-corrected chi connectivity index (χ0v) is 21.5. The lowest BCUT2D eigenvalue weighted by molar-refractivity contribution is 0.0618. The molecule has 2 aromatic carbocycles. The van der Waals surface area contributed by atoms with Crippen molar-refractivity contribution in [3.63, 3.8) is 0 Å². The highest BCUT2D eigenvalue weighted by Gasteiger charge is 2.34. The van der Waals surface area contributed by atoms with Crippen LogP contribution in [0.5, 0.6) is 0 Å². The summed E-state index contributed by atoms with van der Waals surface area (Å²) in [5.74, 6) is 0.715. The Morgan fingerprint density at radius 3 is 2.54 bits per heavy atom. The molecule has 1 aliphatic heterocycles. The first-order valence-electron chi connectivity index (χ1n) is 13.6. The first-order chi connectivity index (χ1) is 18.2. The van der Waals surface area contributed by atoms with Gasteiger partial charge in [-0.3, -0.25) is 14.6 Å². The summed E-state index contributed by atoms with van der Waals surface area (Å²) in [6.07, 6.45) is 6.67. The third kappa shape index (κ3) is 5.08. The standard InChI is InChI=1S/C29H35N7O/c1-21-12-13-23-19-25(29(37)30-26(23)18-21)27(28-31-32-33-36(28)20-22-8-4-2-5-9-22)35-16-14-34(15-17-35)24-10-6-3-7-11-24/h2,4-5,8-9,12-13,18-19,24,27H,3,6-7,10-11,14-17,20H2,1H3,(H,30,37). The van der Waals surface area contributed by atoms with E-state index in [0.717, 1.165) is 48.2 Å². The van der Waals surface area contributed by atoms with Gasteiger partial charge in [0.1, 0.15) is 6.04 Å². The Balaban J connectivity index is 1.36. The number of pyridine rings is 1. The third-order valence-corrected chi connectivity index (χ3v) is 8.11. The molecule has 192 valence electrons. The number of aromatic nitrogens is 5. The van der Waals surface area contributed by atoms with E-state index in [1.807, 2.05) is 41.9 Å². The molecule has 1 N–H and O–H groups in total. The van der Waals surface area contributed by atoms with Gasteiger partial charge in [-0.05, 0) is 58.8 Å². The second-order valence-electron chi connectivity index (χ2n) is 10.6. The van der Waals surface area contributed by atoms with Crippen LogP contribution in [0.15, 0.2) is 59.4 Å². The summed E-state index contributed by atoms with van der Waals surface area (Å²) in [5.41, 5.74) is 3.73. The lowest BCUT2D eigenvalue weighted by Gasteiger charge is -2.43. The van der Waals surface area contributed by atoms with Crippen LogP contribution in [-0.4, -0.2) is 67.2 Å². The zero-order chi connectivity index (χ0) is 25.2. The largest absolute Gasteiger partial charge is 0.322 e. The van der Waals surface area contributed by atoms with Gasteiger partial charge in [0.15, 0.2) is 5.82 Å². The topological polar surface area (TPSA) is 82.9 Å². The molecule has 0 bridgehead atoms. The maximum Gasteiger partial charge on any atom is 0.253 e. The molecule has 0 radical (unpaired) electrons. The molecule has 3 heterocycles. The summed E-state index contributed by atoms with van der Waals surface area (Å²) >= 11 is 0. The molecular weight excluding hydrogens is 462 g/mol. The monoisotopic (exact) mass is 497 g/mol. The van der Waals surface area contributed by atoms with Crippen LogP contribution < -0.4 is 5.56 Å². The molecular formula is C29H35N7O. The van der Waals surface area contributed by atoms with Crippen LogP contribution in [0.2, 0.25) is 0 Å². The summed E-state index contributed by atoms with van der Waals surface area (Å²) in [4.78, 5) is 21.7. The van der Waals surface area contributed by atoms with Gasteiger partial charge in [0, 0.05) is 43.3 Å². The number of nitrogens with zero attached hydrogens (tertiary/aromatic N) is 6. The van der Waals surface area contributed by atoms with Crippen molar-refractivity contribution in [3.8, 4) is 0 Å². The van der Waals surface area contributed by atoms with Crippen molar-refractivity contribution in [1.82, 2.24) is 35.0 Å². The summed E-state index contributed by atoms with van der Waals surface area (Å²) in [7, 11) is 0. The summed E-state index contributed by atoms with van der Waals surface area (Å²) < 4.78 is 1.85. The molecule has 0 amide bonds. The number of nitrogens with one attached hydrogen (secondary N) is 1. The van der Waals surface area contributed by atoms with Crippen molar-refractivity contribution in [3.05, 3.63) is 87.5 Å². The van der Waals surface area contributed by atoms with Crippen molar-refractivity contribution >= 4 is 10.9 Å². The van der Waals surface area contributed by atoms with Crippen LogP contribution in [0.25, 0.3) is 10.9 Å². The summed E-state index contributed by atoms with van der Waals surface area (Å²) in [6.45, 7) is 6.37. The van der Waals surface area contributed by atoms with Crippen LogP contribution >= 0.6 is 0 Å². The van der Waals surface area contributed by atoms with Crippen LogP contribution in [0.3, 0.4) is 0 Å². The van der Waals surface area contributed by atoms with Crippen molar-refractivity contribution in [2.75, 3.05) is 26.2 Å². The molecule has 8 heteroatoms. The number of H-pyrrole nitrogens is 1. The second kappa shape index (κ2) is 10.6. The molecule has 1 saturated carbocycles. The Labute approximate surface area is 217 Å². The maximum atomic E-state index is 13.5. The Bertz CT molecular complexity index is 1400. The highest BCUT2D eigenvalue weighted by Crippen LogP contribution is 2.30. The van der Waals surface area contributed by atoms with Crippen molar-refractivity contribution < 1.29 is 0 Å². The molecule has 2 fully saturated rings. The smallest absolute Gasteiger partial charge is 0.253 e. The maximum absolute atomic E-state index is 13.5. The predicted octanol–water partition coefficient (Wildman–Crippen LogP) is 3.91. The van der Waals surface area contributed by atoms with Crippen molar-refractivity contribution in [2.24, 2.45) is 0 Å². The van der Waals surface area contributed by atoms with Gasteiger partial charge < -0.3 is 4.98 Å². The SMILES string of the molecule is Cc1ccc2cc(C(c3nnnn3Cc3ccccc3)N3CCN(C4CCCCC4)CC3)c(=O)[nH]c2c1. The minimum absolute atomic E-state index is 0.0768. The lowest BCUT2D eigenvalue weighted by Crippen LogP contribution is -2.52. The van der Waals surface area contributed by atoms with Gasteiger partial charge in [-0.1, -0.05) is 61.7 Å². The predicted molar refractivity (Wildman–Crippen MR) is 145 cm³/mol. The third-order valence-electron chi connectivity index (χ3n) is 8.11. The normalized spacial score (nSPS) is 18.8. The van der Waals surface area contributed by atoms with Crippen molar-refractivity contribution in [1.29, 1.82) is 0 Å². The average Bonchev–Trinajstić information content (AvgIpc) is 3.38. The van der Waals surface area contributed by atoms with E-state index in [0.29, 0.717) is 24.0 Å². The molecule has 2 aliphatic rings. The van der Waals surface area contributed by atoms with Crippen LogP contribution in [0.1, 0.15) is 60.7 Å². The van der Waals surface area contributed by atoms with E-state index in [4.69, 9.17) is 0 Å². The fourth-order valence-electron chi connectivity index (χ4n) is 6.12. The van der Waals surface area contributed by atoms with E-state index >= 15 is 0 Å². The minimum Gasteiger partial charge on any atom is -0.322 e. The molecule has 8 nitrogen and oxygen atoms in total. The molecule has 37 heavy (non-hydrogen) atoms. The van der Waals surface area contributed by atoms with Crippen LogP contribution in [0, 0.1) is 6.92 Å². The molecule has 2 aromatic heterocycles. The highest BCUT2D eigenvalue weighted by atomic mass is 16.1. The number of rotatable bonds is 6. The Morgan fingerprint density at radius 1 is 0.973 bits per heavy atom. The number of aromatic amines is 1. The summed E-state index contributed by atoms with van der Waals surface area (Å²) in [6, 6.07) is 18.8. The second-order valence-corrected chi connectivity index (χ2v) is 10.6. The van der Waals surface area contributed by atoms with E-state index in [2.05, 4.69) is 54.6 Å². The highest BCUT2D eigenvalue weighted by molar-refractivity contribution is 5.79. The minimum atomic E-state index is -0.318. The van der Waals surface area contributed by atoms with Gasteiger partial charge in [0.05, 0.1) is 6.54 Å². The first kappa shape index (κ1) is 24.0. The molecule has 1 saturated heterocycles. The van der Waals surface area contributed by atoms with Crippen LogP contribution in [-0.2, 0) is 6.54 Å². The van der Waals surface area contributed by atoms with Gasteiger partial charge in [-0.25, -0.2) is 4.68 Å². The molecule has 0 spiro atoms. The fourth-order valence-corrected chi connectivity index (χ4v) is 6.12. The number of aryl methyl sites for hydroxylation is 1. The fraction of sp³-hybridized carbons (Fsp3) is 0.448. The van der Waals surface area contributed by atoms with E-state index < -0.39 is 0 Å². The number of piperazine rings is 1. The van der Waals surface area contributed by atoms with Crippen molar-refractivity contribution in [2.45, 2.75) is 57.7 Å². The van der Waals surface area contributed by atoms with Gasteiger partial charge in [0.25, 0.3) is 5.56 Å². The van der Waals surface area contributed by atoms with E-state index in [9.17, 15) is 4.79 Å². The number of hydrogen-bond donors (Lipinski definition) is 1. The van der Waals surface area contributed by atoms with Crippen LogP contribution in [0.4, 0.5) is 0 Å².